The number of carbonyl (C=O) groups is 1. The second kappa shape index (κ2) is 8.27. The zero-order valence-electron chi connectivity index (χ0n) is 17.5. The number of hydrogen-bond acceptors (Lipinski definition) is 4. The van der Waals surface area contributed by atoms with Gasteiger partial charge < -0.3 is 14.3 Å². The molecule has 0 aliphatic heterocycles. The highest BCUT2D eigenvalue weighted by Crippen LogP contribution is 2.48. The summed E-state index contributed by atoms with van der Waals surface area (Å²) in [6.07, 6.45) is 3.79. The third-order valence-electron chi connectivity index (χ3n) is 6.14. The molecule has 2 atom stereocenters. The highest BCUT2D eigenvalue weighted by atomic mass is 16.5. The van der Waals surface area contributed by atoms with Gasteiger partial charge in [-0.1, -0.05) is 29.7 Å². The van der Waals surface area contributed by atoms with Crippen LogP contribution in [0.4, 0.5) is 0 Å². The van der Waals surface area contributed by atoms with Gasteiger partial charge in [-0.3, -0.25) is 4.79 Å². The van der Waals surface area contributed by atoms with Crippen molar-refractivity contribution >= 4 is 16.9 Å². The van der Waals surface area contributed by atoms with Crippen LogP contribution in [0.15, 0.2) is 62.3 Å². The Balaban J connectivity index is 1.90. The van der Waals surface area contributed by atoms with E-state index in [-0.39, 0.29) is 17.8 Å². The summed E-state index contributed by atoms with van der Waals surface area (Å²) in [4.78, 5) is 22.7. The van der Waals surface area contributed by atoms with Crippen LogP contribution >= 0.6 is 0 Å². The Morgan fingerprint density at radius 3 is 2.69 bits per heavy atom. The molecule has 2 aromatic rings. The zero-order chi connectivity index (χ0) is 21.2. The van der Waals surface area contributed by atoms with Crippen LogP contribution in [0.5, 0.6) is 5.75 Å². The van der Waals surface area contributed by atoms with Gasteiger partial charge in [0.2, 0.25) is 0 Å². The van der Waals surface area contributed by atoms with E-state index in [0.717, 1.165) is 11.8 Å². The molecule has 0 radical (unpaired) electrons. The maximum atomic E-state index is 11.5. The van der Waals surface area contributed by atoms with Crippen molar-refractivity contribution in [2.75, 3.05) is 6.61 Å². The van der Waals surface area contributed by atoms with Crippen molar-refractivity contribution in [1.82, 2.24) is 0 Å². The molecule has 1 aromatic carbocycles. The molecule has 5 nitrogen and oxygen atoms in total. The fraction of sp³-hybridized carbons (Fsp3) is 0.417. The Morgan fingerprint density at radius 1 is 1.28 bits per heavy atom. The predicted molar refractivity (Wildman–Crippen MR) is 113 cm³/mol. The van der Waals surface area contributed by atoms with Crippen molar-refractivity contribution in [3.05, 3.63) is 63.5 Å². The summed E-state index contributed by atoms with van der Waals surface area (Å²) in [7, 11) is 0. The average Bonchev–Trinajstić information content (AvgIpc) is 2.66. The molecule has 0 saturated heterocycles. The molecule has 1 N–H and O–H groups in total. The largest absolute Gasteiger partial charge is 0.493 e. The van der Waals surface area contributed by atoms with Crippen LogP contribution in [-0.4, -0.2) is 17.7 Å². The van der Waals surface area contributed by atoms with E-state index in [1.165, 1.54) is 22.8 Å². The van der Waals surface area contributed by atoms with E-state index in [1.807, 2.05) is 12.1 Å². The maximum Gasteiger partial charge on any atom is 0.336 e. The van der Waals surface area contributed by atoms with E-state index in [1.54, 1.807) is 12.1 Å². The van der Waals surface area contributed by atoms with E-state index in [4.69, 9.17) is 9.15 Å². The lowest BCUT2D eigenvalue weighted by molar-refractivity contribution is -0.137. The van der Waals surface area contributed by atoms with Gasteiger partial charge in [-0.25, -0.2) is 4.79 Å². The van der Waals surface area contributed by atoms with E-state index < -0.39 is 11.6 Å². The lowest BCUT2D eigenvalue weighted by Gasteiger charge is -2.43. The second-order valence-electron chi connectivity index (χ2n) is 8.26. The minimum Gasteiger partial charge on any atom is -0.493 e. The molecule has 1 aliphatic rings. The first kappa shape index (κ1) is 20.9. The summed E-state index contributed by atoms with van der Waals surface area (Å²) >= 11 is 0. The third-order valence-corrected chi connectivity index (χ3v) is 6.14. The van der Waals surface area contributed by atoms with Gasteiger partial charge in [0.15, 0.2) is 0 Å². The van der Waals surface area contributed by atoms with Crippen LogP contribution in [-0.2, 0) is 4.79 Å². The molecule has 5 heteroatoms. The van der Waals surface area contributed by atoms with Gasteiger partial charge in [-0.05, 0) is 57.7 Å². The van der Waals surface area contributed by atoms with E-state index in [9.17, 15) is 14.7 Å². The van der Waals surface area contributed by atoms with Crippen molar-refractivity contribution in [2.45, 2.75) is 47.0 Å². The predicted octanol–water partition coefficient (Wildman–Crippen LogP) is 5.35. The van der Waals surface area contributed by atoms with Crippen molar-refractivity contribution in [1.29, 1.82) is 0 Å². The number of hydrogen-bond donors (Lipinski definition) is 1. The van der Waals surface area contributed by atoms with Crippen LogP contribution in [0, 0.1) is 11.3 Å². The van der Waals surface area contributed by atoms with Gasteiger partial charge in [-0.15, -0.1) is 0 Å². The van der Waals surface area contributed by atoms with E-state index in [2.05, 4.69) is 33.8 Å². The molecule has 0 fully saturated rings. The number of carboxylic acid groups (broad SMARTS) is 1. The first-order valence-electron chi connectivity index (χ1n) is 9.92. The molecular formula is C24H28O5. The summed E-state index contributed by atoms with van der Waals surface area (Å²) < 4.78 is 11.4. The number of aliphatic carboxylic acids is 1. The lowest BCUT2D eigenvalue weighted by atomic mass is 9.63. The summed E-state index contributed by atoms with van der Waals surface area (Å²) in [5, 5.41) is 10.1. The zero-order valence-corrected chi connectivity index (χ0v) is 17.5. The highest BCUT2D eigenvalue weighted by molar-refractivity contribution is 5.77. The minimum absolute atomic E-state index is 0.104. The van der Waals surface area contributed by atoms with Gasteiger partial charge in [0.05, 0.1) is 6.61 Å². The molecule has 0 bridgehead atoms. The quantitative estimate of drug-likeness (QED) is 0.526. The molecule has 1 aromatic heterocycles. The fourth-order valence-electron chi connectivity index (χ4n) is 4.19. The molecule has 154 valence electrons. The van der Waals surface area contributed by atoms with Gasteiger partial charge in [-0.2, -0.15) is 0 Å². The number of allylic oxidation sites excluding steroid dienone is 3. The average molecular weight is 396 g/mol. The van der Waals surface area contributed by atoms with Crippen LogP contribution in [0.1, 0.15) is 47.0 Å². The Labute approximate surface area is 170 Å². The van der Waals surface area contributed by atoms with Gasteiger partial charge in [0.25, 0.3) is 0 Å². The van der Waals surface area contributed by atoms with Gasteiger partial charge >= 0.3 is 11.6 Å². The molecule has 2 unspecified atom stereocenters. The Hall–Kier alpha value is -2.82. The number of benzene rings is 1. The number of rotatable bonds is 6. The monoisotopic (exact) mass is 396 g/mol. The van der Waals surface area contributed by atoms with Crippen LogP contribution in [0.3, 0.4) is 0 Å². The van der Waals surface area contributed by atoms with E-state index >= 15 is 0 Å². The Kier molecular flexibility index (Phi) is 5.96. The fourth-order valence-corrected chi connectivity index (χ4v) is 4.19. The molecule has 0 saturated carbocycles. The lowest BCUT2D eigenvalue weighted by Crippen LogP contribution is -2.39. The molecule has 0 spiro atoms. The van der Waals surface area contributed by atoms with Crippen molar-refractivity contribution < 1.29 is 19.1 Å². The topological polar surface area (TPSA) is 76.7 Å². The van der Waals surface area contributed by atoms with Crippen LogP contribution < -0.4 is 10.4 Å². The SMILES string of the molecule is CC1=CCC(=C(C)C)C(CCC(=O)O)C1(C)COc1ccc2ccc(=O)oc2c1. The standard InChI is InChI=1S/C24H28O5/c1-15(2)19-9-5-16(3)24(4,20(19)10-11-22(25)26)14-28-18-8-6-17-7-12-23(27)29-21(17)13-18/h5-8,12-13,20H,9-11,14H2,1-4H3,(H,25,26). The third kappa shape index (κ3) is 4.44. The van der Waals surface area contributed by atoms with Crippen molar-refractivity contribution in [3.8, 4) is 5.75 Å². The summed E-state index contributed by atoms with van der Waals surface area (Å²) in [5.74, 6) is -0.0488. The first-order chi connectivity index (χ1) is 13.7. The minimum atomic E-state index is -0.780. The summed E-state index contributed by atoms with van der Waals surface area (Å²) in [6.45, 7) is 8.83. The van der Waals surface area contributed by atoms with Crippen LogP contribution in [0.2, 0.25) is 0 Å². The normalized spacial score (nSPS) is 21.7. The molecule has 29 heavy (non-hydrogen) atoms. The molecule has 1 aliphatic carbocycles. The molecule has 3 rings (SSSR count). The Morgan fingerprint density at radius 2 is 2.00 bits per heavy atom. The van der Waals surface area contributed by atoms with E-state index in [0.29, 0.717) is 24.4 Å². The van der Waals surface area contributed by atoms with Crippen LogP contribution in [0.25, 0.3) is 11.0 Å². The molecular weight excluding hydrogens is 368 g/mol. The highest BCUT2D eigenvalue weighted by Gasteiger charge is 2.41. The number of ether oxygens (including phenoxy) is 1. The smallest absolute Gasteiger partial charge is 0.336 e. The van der Waals surface area contributed by atoms with Crippen molar-refractivity contribution in [3.63, 3.8) is 0 Å². The number of fused-ring (bicyclic) bond motifs is 1. The second-order valence-corrected chi connectivity index (χ2v) is 8.26. The van der Waals surface area contributed by atoms with Crippen molar-refractivity contribution in [2.24, 2.45) is 11.3 Å². The maximum absolute atomic E-state index is 11.5. The summed E-state index contributed by atoms with van der Waals surface area (Å²) in [5.41, 5.74) is 3.53. The molecule has 0 amide bonds. The Bertz CT molecular complexity index is 1040. The summed E-state index contributed by atoms with van der Waals surface area (Å²) in [6, 6.07) is 8.58. The van der Waals surface area contributed by atoms with Gasteiger partial charge in [0, 0.05) is 29.4 Å². The number of carboxylic acids is 1. The first-order valence-corrected chi connectivity index (χ1v) is 9.92. The van der Waals surface area contributed by atoms with Gasteiger partial charge in [0.1, 0.15) is 11.3 Å². The molecule has 1 heterocycles.